The normalized spacial score (nSPS) is 36.9. The van der Waals surface area contributed by atoms with Crippen LogP contribution in [-0.4, -0.2) is 39.0 Å². The number of amides is 1. The van der Waals surface area contributed by atoms with Gasteiger partial charge in [-0.2, -0.15) is 5.10 Å². The molecule has 4 atom stereocenters. The Balaban J connectivity index is 1.38. The van der Waals surface area contributed by atoms with Gasteiger partial charge in [0, 0.05) is 24.2 Å². The summed E-state index contributed by atoms with van der Waals surface area (Å²) in [5.74, 6) is 2.10. The highest BCUT2D eigenvalue weighted by molar-refractivity contribution is 14.1. The van der Waals surface area contributed by atoms with Crippen molar-refractivity contribution in [3.05, 3.63) is 15.5 Å². The number of rotatable bonds is 3. The minimum absolute atomic E-state index is 0.141. The Morgan fingerprint density at radius 1 is 1.48 bits per heavy atom. The van der Waals surface area contributed by atoms with E-state index in [-0.39, 0.29) is 11.5 Å². The van der Waals surface area contributed by atoms with Crippen molar-refractivity contribution in [2.75, 3.05) is 6.54 Å². The number of aromatic nitrogens is 2. The van der Waals surface area contributed by atoms with E-state index in [9.17, 15) is 4.79 Å². The fourth-order valence-corrected chi connectivity index (χ4v) is 5.28. The summed E-state index contributed by atoms with van der Waals surface area (Å²) in [6.07, 6.45) is 2.53. The first-order valence-corrected chi connectivity index (χ1v) is 9.63. The number of halogens is 1. The summed E-state index contributed by atoms with van der Waals surface area (Å²) in [7, 11) is 0. The van der Waals surface area contributed by atoms with Crippen molar-refractivity contribution in [2.45, 2.75) is 57.2 Å². The molecule has 6 heteroatoms. The van der Waals surface area contributed by atoms with Crippen molar-refractivity contribution in [3.63, 3.8) is 0 Å². The van der Waals surface area contributed by atoms with E-state index in [1.165, 1.54) is 18.5 Å². The van der Waals surface area contributed by atoms with Crippen molar-refractivity contribution >= 4 is 28.7 Å². The van der Waals surface area contributed by atoms with Crippen LogP contribution in [0.15, 0.2) is 6.07 Å². The van der Waals surface area contributed by atoms with Crippen LogP contribution >= 0.6 is 22.6 Å². The smallest absolute Gasteiger partial charge is 0.410 e. The minimum atomic E-state index is -0.421. The molecule has 124 valence electrons. The maximum Gasteiger partial charge on any atom is 0.410 e. The second kappa shape index (κ2) is 4.24. The fourth-order valence-electron chi connectivity index (χ4n) is 4.73. The van der Waals surface area contributed by atoms with E-state index in [1.807, 2.05) is 25.7 Å². The fraction of sp³-hybridized carbons (Fsp3) is 0.765. The third-order valence-corrected chi connectivity index (χ3v) is 6.42. The predicted octanol–water partition coefficient (Wildman–Crippen LogP) is 3.01. The highest BCUT2D eigenvalue weighted by Gasteiger charge is 2.94. The van der Waals surface area contributed by atoms with Gasteiger partial charge >= 0.3 is 6.09 Å². The van der Waals surface area contributed by atoms with Gasteiger partial charge in [-0.3, -0.25) is 4.68 Å². The number of ether oxygens (including phenoxy) is 1. The first-order valence-electron chi connectivity index (χ1n) is 8.56. The van der Waals surface area contributed by atoms with Crippen LogP contribution < -0.4 is 0 Å². The van der Waals surface area contributed by atoms with Gasteiger partial charge in [-0.05, 0) is 80.0 Å². The van der Waals surface area contributed by atoms with E-state index in [0.717, 1.165) is 22.7 Å². The van der Waals surface area contributed by atoms with Crippen molar-refractivity contribution < 1.29 is 9.53 Å². The van der Waals surface area contributed by atoms with E-state index < -0.39 is 5.60 Å². The lowest BCUT2D eigenvalue weighted by molar-refractivity contribution is 0.0278. The van der Waals surface area contributed by atoms with Crippen LogP contribution in [0, 0.1) is 21.5 Å². The maximum atomic E-state index is 12.4. The lowest BCUT2D eigenvalue weighted by Gasteiger charge is -2.24. The zero-order valence-electron chi connectivity index (χ0n) is 13.8. The van der Waals surface area contributed by atoms with Gasteiger partial charge in [-0.1, -0.05) is 0 Å². The number of nitrogens with zero attached hydrogens (tertiary/aromatic N) is 3. The summed E-state index contributed by atoms with van der Waals surface area (Å²) in [6, 6.07) is 2.60. The molecule has 0 N–H and O–H groups in total. The van der Waals surface area contributed by atoms with E-state index in [2.05, 4.69) is 33.3 Å². The number of carbonyl (C=O) groups is 1. The third kappa shape index (κ3) is 1.96. The van der Waals surface area contributed by atoms with Gasteiger partial charge in [0.25, 0.3) is 0 Å². The molecule has 0 aromatic carbocycles. The van der Waals surface area contributed by atoms with E-state index in [4.69, 9.17) is 9.84 Å². The van der Waals surface area contributed by atoms with Crippen LogP contribution in [0.3, 0.4) is 0 Å². The average Bonchev–Trinajstić information content (AvgIpc) is 3.35. The molecule has 23 heavy (non-hydrogen) atoms. The molecule has 1 aromatic heterocycles. The second-order valence-electron chi connectivity index (χ2n) is 8.62. The molecule has 0 radical (unpaired) electrons. The predicted molar refractivity (Wildman–Crippen MR) is 93.1 cm³/mol. The standard InChI is InChI=1S/C17H22IN3O2/c1-16(2,3)23-15(22)20-8-10-13-14(20)17(10,13)11-6-12(18)19-21(11)7-9-4-5-9/h6,9-10,13-14H,4-5,7-8H2,1-3H3/t10-,13-,14?,17-/m1/s1. The van der Waals surface area contributed by atoms with Crippen LogP contribution in [-0.2, 0) is 16.7 Å². The van der Waals surface area contributed by atoms with Crippen LogP contribution in [0.1, 0.15) is 39.3 Å². The molecule has 0 spiro atoms. The molecule has 5 nitrogen and oxygen atoms in total. The summed E-state index contributed by atoms with van der Waals surface area (Å²) in [4.78, 5) is 14.4. The SMILES string of the molecule is CC(C)(C)OC(=O)N1C[C@@H]2[C@@H]3C1[C@@]23c1cc(I)nn1CC1CC1. The molecule has 5 fully saturated rings. The van der Waals surface area contributed by atoms with Gasteiger partial charge < -0.3 is 9.64 Å². The molecule has 6 rings (SSSR count). The Morgan fingerprint density at radius 3 is 2.83 bits per heavy atom. The molecular formula is C17H22IN3O2. The zero-order valence-corrected chi connectivity index (χ0v) is 15.9. The third-order valence-electron chi connectivity index (χ3n) is 5.89. The quantitative estimate of drug-likeness (QED) is 0.697. The Bertz CT molecular complexity index is 699. The minimum Gasteiger partial charge on any atom is -0.444 e. The highest BCUT2D eigenvalue weighted by atomic mass is 127. The van der Waals surface area contributed by atoms with Crippen LogP contribution in [0.5, 0.6) is 0 Å². The summed E-state index contributed by atoms with van der Waals surface area (Å²) in [6.45, 7) is 7.71. The first kappa shape index (κ1) is 14.5. The molecular weight excluding hydrogens is 405 g/mol. The average molecular weight is 427 g/mol. The number of hydrogen-bond acceptors (Lipinski definition) is 3. The molecule has 1 amide bonds. The molecule has 3 saturated carbocycles. The first-order chi connectivity index (χ1) is 10.8. The molecule has 2 aliphatic heterocycles. The molecule has 5 aliphatic rings. The van der Waals surface area contributed by atoms with Crippen molar-refractivity contribution in [1.82, 2.24) is 14.7 Å². The molecule has 2 bridgehead atoms. The van der Waals surface area contributed by atoms with E-state index in [0.29, 0.717) is 17.9 Å². The van der Waals surface area contributed by atoms with Gasteiger partial charge in [-0.15, -0.1) is 0 Å². The second-order valence-corrected chi connectivity index (χ2v) is 9.73. The Labute approximate surface area is 149 Å². The van der Waals surface area contributed by atoms with Crippen molar-refractivity contribution in [2.24, 2.45) is 17.8 Å². The van der Waals surface area contributed by atoms with Crippen molar-refractivity contribution in [1.29, 1.82) is 0 Å². The summed E-state index contributed by atoms with van der Waals surface area (Å²) < 4.78 is 8.90. The molecule has 2 saturated heterocycles. The van der Waals surface area contributed by atoms with E-state index >= 15 is 0 Å². The number of carbonyl (C=O) groups excluding carboxylic acids is 1. The van der Waals surface area contributed by atoms with Crippen molar-refractivity contribution in [3.8, 4) is 0 Å². The largest absolute Gasteiger partial charge is 0.444 e. The Kier molecular flexibility index (Phi) is 2.68. The Morgan fingerprint density at radius 2 is 2.22 bits per heavy atom. The van der Waals surface area contributed by atoms with Crippen LogP contribution in [0.25, 0.3) is 0 Å². The van der Waals surface area contributed by atoms with Gasteiger partial charge in [0.1, 0.15) is 9.30 Å². The molecule has 3 aliphatic carbocycles. The van der Waals surface area contributed by atoms with Crippen LogP contribution in [0.4, 0.5) is 4.79 Å². The van der Waals surface area contributed by atoms with Crippen LogP contribution in [0.2, 0.25) is 0 Å². The van der Waals surface area contributed by atoms with E-state index in [1.54, 1.807) is 0 Å². The highest BCUT2D eigenvalue weighted by Crippen LogP contribution is 2.85. The van der Waals surface area contributed by atoms with Gasteiger partial charge in [0.05, 0.1) is 6.04 Å². The molecule has 1 unspecified atom stereocenters. The number of piperidine rings is 1. The zero-order chi connectivity index (χ0) is 16.1. The lowest BCUT2D eigenvalue weighted by Crippen LogP contribution is -2.36. The number of fused-ring (bicyclic) bond motifs is 1. The summed E-state index contributed by atoms with van der Waals surface area (Å²) in [5, 5.41) is 4.72. The monoisotopic (exact) mass is 427 g/mol. The lowest BCUT2D eigenvalue weighted by atomic mass is 10.0. The topological polar surface area (TPSA) is 47.4 Å². The van der Waals surface area contributed by atoms with Gasteiger partial charge in [0.2, 0.25) is 0 Å². The van der Waals surface area contributed by atoms with Gasteiger partial charge in [-0.25, -0.2) is 4.79 Å². The Hall–Kier alpha value is -0.790. The molecule has 3 heterocycles. The molecule has 1 aromatic rings. The number of hydrogen-bond donors (Lipinski definition) is 0. The maximum absolute atomic E-state index is 12.4. The summed E-state index contributed by atoms with van der Waals surface area (Å²) in [5.41, 5.74) is 1.16. The van der Waals surface area contributed by atoms with Gasteiger partial charge in [0.15, 0.2) is 0 Å². The summed E-state index contributed by atoms with van der Waals surface area (Å²) >= 11 is 2.31.